The van der Waals surface area contributed by atoms with Crippen molar-refractivity contribution in [2.75, 3.05) is 32.7 Å². The molecule has 7 heteroatoms. The van der Waals surface area contributed by atoms with Crippen molar-refractivity contribution in [2.24, 2.45) is 17.6 Å². The van der Waals surface area contributed by atoms with Crippen molar-refractivity contribution >= 4 is 23.2 Å². The monoisotopic (exact) mass is 383 g/mol. The van der Waals surface area contributed by atoms with E-state index in [1.807, 2.05) is 11.0 Å². The predicted octanol–water partition coefficient (Wildman–Crippen LogP) is 1.89. The van der Waals surface area contributed by atoms with Gasteiger partial charge in [-0.05, 0) is 36.8 Å². The Bertz CT molecular complexity index is 808. The van der Waals surface area contributed by atoms with E-state index in [-0.39, 0.29) is 10.9 Å². The normalized spacial score (nSPS) is 22.1. The Morgan fingerprint density at radius 3 is 2.48 bits per heavy atom. The molecule has 0 spiro atoms. The topological polar surface area (TPSA) is 79.5 Å². The fourth-order valence-electron chi connectivity index (χ4n) is 4.09. The summed E-state index contributed by atoms with van der Waals surface area (Å²) in [6.07, 6.45) is 3.32. The van der Waals surface area contributed by atoms with Gasteiger partial charge in [0.05, 0.1) is 0 Å². The Morgan fingerprint density at radius 1 is 1.15 bits per heavy atom. The van der Waals surface area contributed by atoms with E-state index in [1.165, 1.54) is 5.56 Å². The van der Waals surface area contributed by atoms with E-state index in [0.29, 0.717) is 17.5 Å². The van der Waals surface area contributed by atoms with Crippen LogP contribution in [0.25, 0.3) is 0 Å². The lowest BCUT2D eigenvalue weighted by molar-refractivity contribution is 0.0769. The van der Waals surface area contributed by atoms with Crippen LogP contribution < -0.4 is 5.73 Å². The fraction of sp³-hybridized carbons (Fsp3) is 0.400. The highest BCUT2D eigenvalue weighted by atomic mass is 32.1. The summed E-state index contributed by atoms with van der Waals surface area (Å²) in [7, 11) is 0. The molecule has 0 bridgehead atoms. The number of hydrogen-bond donors (Lipinski definition) is 1. The van der Waals surface area contributed by atoms with Crippen molar-refractivity contribution in [3.8, 4) is 0 Å². The second kappa shape index (κ2) is 7.78. The summed E-state index contributed by atoms with van der Waals surface area (Å²) in [6.45, 7) is 4.68. The van der Waals surface area contributed by atoms with Crippen LogP contribution in [0.2, 0.25) is 0 Å². The maximum Gasteiger partial charge on any atom is 0.277 e. The van der Waals surface area contributed by atoms with Crippen LogP contribution in [0.5, 0.6) is 0 Å². The summed E-state index contributed by atoms with van der Waals surface area (Å²) >= 11 is 1.13. The van der Waals surface area contributed by atoms with Gasteiger partial charge in [-0.1, -0.05) is 30.3 Å². The highest BCUT2D eigenvalue weighted by Gasteiger charge is 2.41. The van der Waals surface area contributed by atoms with Gasteiger partial charge in [0.25, 0.3) is 11.8 Å². The summed E-state index contributed by atoms with van der Waals surface area (Å²) < 4.78 is 0. The second-order valence-electron chi connectivity index (χ2n) is 7.30. The maximum absolute atomic E-state index is 12.6. The Morgan fingerprint density at radius 2 is 1.85 bits per heavy atom. The summed E-state index contributed by atoms with van der Waals surface area (Å²) in [4.78, 5) is 32.2. The average Bonchev–Trinajstić information content (AvgIpc) is 3.36. The first-order chi connectivity index (χ1) is 13.1. The molecule has 1 aromatic carbocycles. The van der Waals surface area contributed by atoms with E-state index in [1.54, 1.807) is 5.38 Å². The van der Waals surface area contributed by atoms with Gasteiger partial charge in [-0.15, -0.1) is 11.3 Å². The summed E-state index contributed by atoms with van der Waals surface area (Å²) in [5, 5.41) is 1.82. The number of hydrogen-bond acceptors (Lipinski definition) is 5. The summed E-state index contributed by atoms with van der Waals surface area (Å²) in [6, 6.07) is 10.4. The Hall–Kier alpha value is -2.25. The van der Waals surface area contributed by atoms with Crippen molar-refractivity contribution in [3.05, 3.63) is 58.4 Å². The van der Waals surface area contributed by atoms with Crippen LogP contribution in [0.4, 0.5) is 0 Å². The van der Waals surface area contributed by atoms with Gasteiger partial charge in [-0.3, -0.25) is 9.59 Å². The number of thiazole rings is 1. The third-order valence-electron chi connectivity index (χ3n) is 5.41. The third-order valence-corrected chi connectivity index (χ3v) is 6.26. The second-order valence-corrected chi connectivity index (χ2v) is 8.15. The smallest absolute Gasteiger partial charge is 0.277 e. The SMILES string of the molecule is NC(=O)c1nc(C(=O)N2CC3CN(CC[CH]c4ccccc4)C[C@H]3C2)cs1. The molecule has 3 heterocycles. The van der Waals surface area contributed by atoms with E-state index in [9.17, 15) is 9.59 Å². The number of amides is 2. The van der Waals surface area contributed by atoms with Crippen molar-refractivity contribution in [2.45, 2.75) is 6.42 Å². The highest BCUT2D eigenvalue weighted by Crippen LogP contribution is 2.32. The molecule has 2 amide bonds. The Labute approximate surface area is 163 Å². The van der Waals surface area contributed by atoms with Crippen LogP contribution in [0.15, 0.2) is 35.7 Å². The van der Waals surface area contributed by atoms with Gasteiger partial charge < -0.3 is 15.5 Å². The van der Waals surface area contributed by atoms with Crippen LogP contribution in [-0.2, 0) is 0 Å². The average molecular weight is 383 g/mol. The number of nitrogens with zero attached hydrogens (tertiary/aromatic N) is 3. The van der Waals surface area contributed by atoms with E-state index < -0.39 is 5.91 Å². The molecule has 1 radical (unpaired) electrons. The largest absolute Gasteiger partial charge is 0.364 e. The zero-order chi connectivity index (χ0) is 18.8. The molecular weight excluding hydrogens is 360 g/mol. The van der Waals surface area contributed by atoms with E-state index in [4.69, 9.17) is 5.73 Å². The number of carbonyl (C=O) groups excluding carboxylic acids is 2. The van der Waals surface area contributed by atoms with Gasteiger partial charge in [-0.2, -0.15) is 0 Å². The van der Waals surface area contributed by atoms with Gasteiger partial charge >= 0.3 is 0 Å². The first-order valence-corrected chi connectivity index (χ1v) is 10.1. The number of primary amides is 1. The molecule has 2 saturated heterocycles. The highest BCUT2D eigenvalue weighted by molar-refractivity contribution is 7.11. The lowest BCUT2D eigenvalue weighted by atomic mass is 10.0. The van der Waals surface area contributed by atoms with Crippen molar-refractivity contribution in [3.63, 3.8) is 0 Å². The molecule has 6 nitrogen and oxygen atoms in total. The van der Waals surface area contributed by atoms with Crippen LogP contribution >= 0.6 is 11.3 Å². The van der Waals surface area contributed by atoms with Crippen LogP contribution in [0.3, 0.4) is 0 Å². The van der Waals surface area contributed by atoms with Gasteiger partial charge in [0.15, 0.2) is 5.01 Å². The van der Waals surface area contributed by atoms with Crippen LogP contribution in [-0.4, -0.2) is 59.3 Å². The van der Waals surface area contributed by atoms with Gasteiger partial charge in [-0.25, -0.2) is 4.98 Å². The zero-order valence-corrected chi connectivity index (χ0v) is 15.9. The minimum absolute atomic E-state index is 0.0860. The number of likely N-dealkylation sites (tertiary alicyclic amines) is 2. The molecule has 2 N–H and O–H groups in total. The Kier molecular flexibility index (Phi) is 5.22. The van der Waals surface area contributed by atoms with Crippen molar-refractivity contribution in [1.82, 2.24) is 14.8 Å². The third kappa shape index (κ3) is 4.04. The van der Waals surface area contributed by atoms with Crippen molar-refractivity contribution in [1.29, 1.82) is 0 Å². The van der Waals surface area contributed by atoms with Crippen LogP contribution in [0.1, 0.15) is 32.3 Å². The van der Waals surface area contributed by atoms with Gasteiger partial charge in [0.2, 0.25) is 0 Å². The molecule has 141 valence electrons. The minimum atomic E-state index is -0.583. The lowest BCUT2D eigenvalue weighted by Gasteiger charge is -2.21. The lowest BCUT2D eigenvalue weighted by Crippen LogP contribution is -2.33. The molecule has 2 fully saturated rings. The molecule has 4 rings (SSSR count). The fourth-order valence-corrected chi connectivity index (χ4v) is 4.73. The number of benzene rings is 1. The van der Waals surface area contributed by atoms with E-state index in [0.717, 1.165) is 50.5 Å². The molecule has 2 aliphatic rings. The van der Waals surface area contributed by atoms with Gasteiger partial charge in [0.1, 0.15) is 5.69 Å². The number of rotatable bonds is 6. The molecule has 2 aromatic rings. The van der Waals surface area contributed by atoms with E-state index in [2.05, 4.69) is 40.6 Å². The number of carbonyl (C=O) groups is 2. The van der Waals surface area contributed by atoms with Crippen molar-refractivity contribution < 1.29 is 9.59 Å². The van der Waals surface area contributed by atoms with Gasteiger partial charge in [0, 0.05) is 31.6 Å². The molecule has 1 unspecified atom stereocenters. The first-order valence-electron chi connectivity index (χ1n) is 9.25. The molecular formula is C20H23N4O2S. The standard InChI is InChI=1S/C20H23N4O2S/c21-18(25)19-22-17(13-27-19)20(26)24-11-15-9-23(10-16(15)12-24)8-4-7-14-5-2-1-3-6-14/h1-3,5-7,13,15-16H,4,8-12H2,(H2,21,25)/t15-,16?/m0/s1. The number of aromatic nitrogens is 1. The zero-order valence-electron chi connectivity index (χ0n) is 15.1. The Balaban J connectivity index is 1.25. The molecule has 2 atom stereocenters. The summed E-state index contributed by atoms with van der Waals surface area (Å²) in [5.74, 6) is 0.386. The number of fused-ring (bicyclic) bond motifs is 1. The predicted molar refractivity (Wildman–Crippen MR) is 104 cm³/mol. The molecule has 2 aliphatic heterocycles. The summed E-state index contributed by atoms with van der Waals surface area (Å²) in [5.41, 5.74) is 6.83. The quantitative estimate of drug-likeness (QED) is 0.826. The van der Waals surface area contributed by atoms with Crippen LogP contribution in [0, 0.1) is 18.3 Å². The number of nitrogens with two attached hydrogens (primary N) is 1. The molecule has 27 heavy (non-hydrogen) atoms. The minimum Gasteiger partial charge on any atom is -0.364 e. The first kappa shape index (κ1) is 18.1. The maximum atomic E-state index is 12.6. The van der Waals surface area contributed by atoms with E-state index >= 15 is 0 Å². The molecule has 0 saturated carbocycles. The molecule has 0 aliphatic carbocycles. The molecule has 1 aromatic heterocycles.